The number of fused-ring (bicyclic) bond motifs is 1. The van der Waals surface area contributed by atoms with Crippen LogP contribution in [0.1, 0.15) is 12.1 Å². The summed E-state index contributed by atoms with van der Waals surface area (Å²) in [6.45, 7) is 0. The molecule has 0 aliphatic carbocycles. The van der Waals surface area contributed by atoms with Crippen LogP contribution in [-0.4, -0.2) is 21.6 Å². The first-order valence-corrected chi connectivity index (χ1v) is 8.51. The molecule has 0 spiro atoms. The minimum atomic E-state index is -2.62. The van der Waals surface area contributed by atoms with E-state index in [0.29, 0.717) is 27.9 Å². The highest BCUT2D eigenvalue weighted by Crippen LogP contribution is 2.40. The lowest BCUT2D eigenvalue weighted by Gasteiger charge is -2.02. The van der Waals surface area contributed by atoms with Crippen molar-refractivity contribution >= 4 is 22.2 Å². The SMILES string of the molecule is COc1ccc2[nH]c(C(F)F)c(-c3csc(-c4ccn(C)c4)n3)c2c1. The Morgan fingerprint density at radius 3 is 2.80 bits per heavy atom. The topological polar surface area (TPSA) is 42.8 Å². The number of hydrogen-bond acceptors (Lipinski definition) is 3. The summed E-state index contributed by atoms with van der Waals surface area (Å²) in [5.41, 5.74) is 2.46. The molecule has 128 valence electrons. The maximum atomic E-state index is 13.6. The summed E-state index contributed by atoms with van der Waals surface area (Å²) in [5, 5.41) is 3.30. The van der Waals surface area contributed by atoms with Crippen molar-refractivity contribution in [1.29, 1.82) is 0 Å². The summed E-state index contributed by atoms with van der Waals surface area (Å²) >= 11 is 1.44. The minimum Gasteiger partial charge on any atom is -0.497 e. The van der Waals surface area contributed by atoms with Crippen LogP contribution in [0.15, 0.2) is 42.0 Å². The Morgan fingerprint density at radius 2 is 2.12 bits per heavy atom. The first-order valence-electron chi connectivity index (χ1n) is 7.63. The van der Waals surface area contributed by atoms with Crippen LogP contribution < -0.4 is 4.74 Å². The van der Waals surface area contributed by atoms with Gasteiger partial charge in [-0.25, -0.2) is 13.8 Å². The number of aromatic amines is 1. The molecule has 1 aromatic carbocycles. The Labute approximate surface area is 146 Å². The molecule has 4 rings (SSSR count). The number of aryl methyl sites for hydroxylation is 1. The van der Waals surface area contributed by atoms with Crippen LogP contribution in [0.5, 0.6) is 5.75 Å². The van der Waals surface area contributed by atoms with Gasteiger partial charge in [-0.3, -0.25) is 0 Å². The molecule has 0 saturated heterocycles. The van der Waals surface area contributed by atoms with Crippen LogP contribution in [0, 0.1) is 0 Å². The zero-order valence-electron chi connectivity index (χ0n) is 13.6. The number of alkyl halides is 2. The van der Waals surface area contributed by atoms with Crippen LogP contribution in [0.4, 0.5) is 8.78 Å². The minimum absolute atomic E-state index is 0.117. The van der Waals surface area contributed by atoms with E-state index in [1.54, 1.807) is 25.3 Å². The maximum absolute atomic E-state index is 13.6. The molecule has 0 amide bonds. The zero-order valence-corrected chi connectivity index (χ0v) is 14.4. The predicted octanol–water partition coefficient (Wildman–Crippen LogP) is 5.24. The fourth-order valence-corrected chi connectivity index (χ4v) is 3.71. The van der Waals surface area contributed by atoms with Crippen LogP contribution >= 0.6 is 11.3 Å². The largest absolute Gasteiger partial charge is 0.497 e. The number of H-pyrrole nitrogens is 1. The molecule has 25 heavy (non-hydrogen) atoms. The number of benzene rings is 1. The summed E-state index contributed by atoms with van der Waals surface area (Å²) in [6, 6.07) is 7.20. The number of rotatable bonds is 4. The van der Waals surface area contributed by atoms with Crippen molar-refractivity contribution in [2.45, 2.75) is 6.43 Å². The summed E-state index contributed by atoms with van der Waals surface area (Å²) in [5.74, 6) is 0.618. The van der Waals surface area contributed by atoms with E-state index >= 15 is 0 Å². The van der Waals surface area contributed by atoms with Gasteiger partial charge in [-0.05, 0) is 24.3 Å². The number of ether oxygens (including phenoxy) is 1. The van der Waals surface area contributed by atoms with Crippen LogP contribution in [0.3, 0.4) is 0 Å². The molecule has 0 fully saturated rings. The summed E-state index contributed by atoms with van der Waals surface area (Å²) in [4.78, 5) is 7.42. The van der Waals surface area contributed by atoms with E-state index in [4.69, 9.17) is 4.74 Å². The van der Waals surface area contributed by atoms with E-state index in [1.807, 2.05) is 35.5 Å². The van der Waals surface area contributed by atoms with Gasteiger partial charge in [-0.2, -0.15) is 0 Å². The van der Waals surface area contributed by atoms with E-state index in [9.17, 15) is 8.78 Å². The molecule has 0 aliphatic rings. The molecule has 0 bridgehead atoms. The van der Waals surface area contributed by atoms with Gasteiger partial charge in [0.2, 0.25) is 0 Å². The molecule has 3 aromatic heterocycles. The number of nitrogens with one attached hydrogen (secondary N) is 1. The Bertz CT molecular complexity index is 1050. The highest BCUT2D eigenvalue weighted by Gasteiger charge is 2.23. The molecule has 4 nitrogen and oxygen atoms in total. The number of thiazole rings is 1. The quantitative estimate of drug-likeness (QED) is 0.541. The predicted molar refractivity (Wildman–Crippen MR) is 95.3 cm³/mol. The molecule has 0 aliphatic heterocycles. The second-order valence-electron chi connectivity index (χ2n) is 5.73. The van der Waals surface area contributed by atoms with Crippen molar-refractivity contribution in [2.24, 2.45) is 7.05 Å². The van der Waals surface area contributed by atoms with Crippen molar-refractivity contribution in [3.63, 3.8) is 0 Å². The van der Waals surface area contributed by atoms with Gasteiger partial charge >= 0.3 is 0 Å². The van der Waals surface area contributed by atoms with Crippen LogP contribution in [0.2, 0.25) is 0 Å². The molecule has 7 heteroatoms. The maximum Gasteiger partial charge on any atom is 0.278 e. The Morgan fingerprint density at radius 1 is 1.28 bits per heavy atom. The second-order valence-corrected chi connectivity index (χ2v) is 6.59. The molecule has 4 aromatic rings. The van der Waals surface area contributed by atoms with Crippen molar-refractivity contribution in [3.05, 3.63) is 47.7 Å². The first-order chi connectivity index (χ1) is 12.1. The third-order valence-electron chi connectivity index (χ3n) is 4.09. The average Bonchev–Trinajstić information content (AvgIpc) is 3.30. The lowest BCUT2D eigenvalue weighted by Crippen LogP contribution is -1.88. The van der Waals surface area contributed by atoms with Gasteiger partial charge in [-0.15, -0.1) is 11.3 Å². The highest BCUT2D eigenvalue weighted by molar-refractivity contribution is 7.13. The molecule has 0 unspecified atom stereocenters. The molecule has 0 radical (unpaired) electrons. The van der Waals surface area contributed by atoms with Gasteiger partial charge in [-0.1, -0.05) is 0 Å². The van der Waals surface area contributed by atoms with E-state index < -0.39 is 6.43 Å². The Balaban J connectivity index is 1.90. The monoisotopic (exact) mass is 359 g/mol. The summed E-state index contributed by atoms with van der Waals surface area (Å²) < 4.78 is 34.3. The molecule has 0 atom stereocenters. The lowest BCUT2D eigenvalue weighted by molar-refractivity contribution is 0.147. The van der Waals surface area contributed by atoms with Crippen molar-refractivity contribution in [2.75, 3.05) is 7.11 Å². The zero-order chi connectivity index (χ0) is 17.6. The van der Waals surface area contributed by atoms with Crippen molar-refractivity contribution in [3.8, 4) is 27.6 Å². The van der Waals surface area contributed by atoms with Crippen molar-refractivity contribution < 1.29 is 13.5 Å². The van der Waals surface area contributed by atoms with Gasteiger partial charge in [0.25, 0.3) is 6.43 Å². The summed E-state index contributed by atoms with van der Waals surface area (Å²) in [6.07, 6.45) is 1.27. The van der Waals surface area contributed by atoms with Crippen LogP contribution in [0.25, 0.3) is 32.7 Å². The lowest BCUT2D eigenvalue weighted by atomic mass is 10.1. The molecular weight excluding hydrogens is 344 g/mol. The van der Waals surface area contributed by atoms with Gasteiger partial charge in [0, 0.05) is 46.9 Å². The smallest absolute Gasteiger partial charge is 0.278 e. The number of methoxy groups -OCH3 is 1. The van der Waals surface area contributed by atoms with Gasteiger partial charge < -0.3 is 14.3 Å². The van der Waals surface area contributed by atoms with Gasteiger partial charge in [0.15, 0.2) is 0 Å². The van der Waals surface area contributed by atoms with Gasteiger partial charge in [0.05, 0.1) is 18.5 Å². The van der Waals surface area contributed by atoms with Crippen molar-refractivity contribution in [1.82, 2.24) is 14.5 Å². The third-order valence-corrected chi connectivity index (χ3v) is 4.98. The van der Waals surface area contributed by atoms with E-state index in [2.05, 4.69) is 9.97 Å². The normalized spacial score (nSPS) is 11.6. The van der Waals surface area contributed by atoms with E-state index in [-0.39, 0.29) is 5.69 Å². The fraction of sp³-hybridized carbons (Fsp3) is 0.167. The number of nitrogens with zero attached hydrogens (tertiary/aromatic N) is 2. The van der Waals surface area contributed by atoms with E-state index in [1.165, 1.54) is 11.3 Å². The fourth-order valence-electron chi connectivity index (χ4n) is 2.91. The Hall–Kier alpha value is -2.67. The molecule has 1 N–H and O–H groups in total. The average molecular weight is 359 g/mol. The summed E-state index contributed by atoms with van der Waals surface area (Å²) in [7, 11) is 3.48. The molecule has 3 heterocycles. The third kappa shape index (κ3) is 2.70. The molecule has 0 saturated carbocycles. The highest BCUT2D eigenvalue weighted by atomic mass is 32.1. The molecular formula is C18H15F2N3OS. The number of aromatic nitrogens is 3. The van der Waals surface area contributed by atoms with Gasteiger partial charge in [0.1, 0.15) is 10.8 Å². The van der Waals surface area contributed by atoms with E-state index in [0.717, 1.165) is 10.6 Å². The first kappa shape index (κ1) is 15.8. The number of halogens is 2. The Kier molecular flexibility index (Phi) is 3.80. The number of hydrogen-bond donors (Lipinski definition) is 1. The standard InChI is InChI=1S/C18H15F2N3OS/c1-23-6-5-10(8-23)18-22-14(9-25-18)15-12-7-11(24-2)3-4-13(12)21-16(15)17(19)20/h3-9,17,21H,1-2H3. The second kappa shape index (κ2) is 6.00. The van der Waals surface area contributed by atoms with Crippen LogP contribution in [-0.2, 0) is 7.05 Å².